The van der Waals surface area contributed by atoms with Crippen LogP contribution in [0.3, 0.4) is 0 Å². The minimum absolute atomic E-state index is 0.00679. The predicted molar refractivity (Wildman–Crippen MR) is 102 cm³/mol. The minimum atomic E-state index is -0.572. The van der Waals surface area contributed by atoms with Crippen molar-refractivity contribution >= 4 is 23.2 Å². The molecular weight excluding hydrogens is 385 g/mol. The fourth-order valence-electron chi connectivity index (χ4n) is 4.45. The van der Waals surface area contributed by atoms with Crippen LogP contribution < -0.4 is 25.4 Å². The summed E-state index contributed by atoms with van der Waals surface area (Å²) in [5.41, 5.74) is 0.794. The van der Waals surface area contributed by atoms with Crippen molar-refractivity contribution in [1.29, 1.82) is 0 Å². The quantitative estimate of drug-likeness (QED) is 0.691. The molecule has 0 aromatic heterocycles. The van der Waals surface area contributed by atoms with Crippen LogP contribution in [0.5, 0.6) is 11.5 Å². The van der Waals surface area contributed by atoms with Gasteiger partial charge in [-0.05, 0) is 43.5 Å². The van der Waals surface area contributed by atoms with E-state index in [1.54, 1.807) is 0 Å². The number of para-hydroxylation sites is 2. The molecule has 3 aliphatic carbocycles. The standard InChI is InChI=1S/C20H19ClFN3O3/c21-13-6-5-12(7-14(13)22)27-8-17(26)24-19-9-20(10-19,11-19)25-18-23-15-3-1-2-4-16(15)28-18/h1-7,18,23,25H,8-11H2,(H,24,26). The first-order chi connectivity index (χ1) is 13.4. The zero-order valence-corrected chi connectivity index (χ0v) is 15.7. The van der Waals surface area contributed by atoms with Gasteiger partial charge in [0.05, 0.1) is 10.7 Å². The maximum Gasteiger partial charge on any atom is 0.258 e. The van der Waals surface area contributed by atoms with Gasteiger partial charge in [0.2, 0.25) is 6.35 Å². The summed E-state index contributed by atoms with van der Waals surface area (Å²) in [6.07, 6.45) is 2.28. The van der Waals surface area contributed by atoms with E-state index in [1.165, 1.54) is 18.2 Å². The molecule has 28 heavy (non-hydrogen) atoms. The van der Waals surface area contributed by atoms with Gasteiger partial charge in [0.15, 0.2) is 6.61 Å². The highest BCUT2D eigenvalue weighted by atomic mass is 35.5. The van der Waals surface area contributed by atoms with Crippen LogP contribution in [-0.4, -0.2) is 29.9 Å². The van der Waals surface area contributed by atoms with Crippen LogP contribution in [0.1, 0.15) is 19.3 Å². The molecule has 3 fully saturated rings. The van der Waals surface area contributed by atoms with E-state index >= 15 is 0 Å². The van der Waals surface area contributed by atoms with Gasteiger partial charge < -0.3 is 20.1 Å². The summed E-state index contributed by atoms with van der Waals surface area (Å²) in [5, 5.41) is 9.86. The number of halogens is 2. The zero-order chi connectivity index (χ0) is 19.4. The van der Waals surface area contributed by atoms with E-state index in [2.05, 4.69) is 16.0 Å². The Bertz CT molecular complexity index is 909. The van der Waals surface area contributed by atoms with Crippen LogP contribution in [0, 0.1) is 5.82 Å². The number of carbonyl (C=O) groups excluding carboxylic acids is 1. The average molecular weight is 404 g/mol. The van der Waals surface area contributed by atoms with Crippen LogP contribution in [0.4, 0.5) is 10.1 Å². The Morgan fingerprint density at radius 3 is 2.79 bits per heavy atom. The average Bonchev–Trinajstić information content (AvgIpc) is 3.02. The second-order valence-electron chi connectivity index (χ2n) is 7.79. The molecule has 8 heteroatoms. The molecule has 1 heterocycles. The Balaban J connectivity index is 1.08. The third-order valence-electron chi connectivity index (χ3n) is 5.55. The number of hydrogen-bond donors (Lipinski definition) is 3. The molecule has 1 unspecified atom stereocenters. The predicted octanol–water partition coefficient (Wildman–Crippen LogP) is 3.03. The van der Waals surface area contributed by atoms with Gasteiger partial charge in [0.25, 0.3) is 5.91 Å². The molecule has 6 rings (SSSR count). The van der Waals surface area contributed by atoms with Crippen molar-refractivity contribution in [2.24, 2.45) is 0 Å². The molecule has 3 saturated carbocycles. The Kier molecular flexibility index (Phi) is 3.93. The van der Waals surface area contributed by atoms with Gasteiger partial charge >= 0.3 is 0 Å². The highest BCUT2D eigenvalue weighted by molar-refractivity contribution is 6.30. The van der Waals surface area contributed by atoms with E-state index < -0.39 is 5.82 Å². The van der Waals surface area contributed by atoms with Crippen molar-refractivity contribution in [2.75, 3.05) is 11.9 Å². The van der Waals surface area contributed by atoms with Crippen molar-refractivity contribution in [3.63, 3.8) is 0 Å². The third kappa shape index (κ3) is 3.04. The van der Waals surface area contributed by atoms with Crippen molar-refractivity contribution in [1.82, 2.24) is 10.6 Å². The van der Waals surface area contributed by atoms with Gasteiger partial charge in [-0.1, -0.05) is 23.7 Å². The topological polar surface area (TPSA) is 71.6 Å². The van der Waals surface area contributed by atoms with Crippen LogP contribution >= 0.6 is 11.6 Å². The molecule has 3 N–H and O–H groups in total. The molecule has 4 aliphatic rings. The number of benzene rings is 2. The van der Waals surface area contributed by atoms with Crippen molar-refractivity contribution in [3.05, 3.63) is 53.3 Å². The number of carbonyl (C=O) groups is 1. The summed E-state index contributed by atoms with van der Waals surface area (Å²) < 4.78 is 24.6. The first-order valence-electron chi connectivity index (χ1n) is 9.13. The molecule has 146 valence electrons. The lowest BCUT2D eigenvalue weighted by atomic mass is 9.44. The normalized spacial score (nSPS) is 28.9. The van der Waals surface area contributed by atoms with E-state index in [0.717, 1.165) is 30.7 Å². The summed E-state index contributed by atoms with van der Waals surface area (Å²) in [6.45, 7) is -0.161. The molecule has 2 bridgehead atoms. The lowest BCUT2D eigenvalue weighted by Gasteiger charge is -2.70. The maximum atomic E-state index is 13.4. The van der Waals surface area contributed by atoms with Crippen LogP contribution in [0.2, 0.25) is 5.02 Å². The monoisotopic (exact) mass is 403 g/mol. The number of hydrogen-bond acceptors (Lipinski definition) is 5. The number of ether oxygens (including phenoxy) is 2. The molecule has 2 aromatic rings. The highest BCUT2D eigenvalue weighted by Crippen LogP contribution is 2.60. The van der Waals surface area contributed by atoms with Gasteiger partial charge in [0, 0.05) is 17.1 Å². The molecule has 6 nitrogen and oxygen atoms in total. The summed E-state index contributed by atoms with van der Waals surface area (Å²) in [5.74, 6) is 0.324. The summed E-state index contributed by atoms with van der Waals surface area (Å²) in [7, 11) is 0. The van der Waals surface area contributed by atoms with Gasteiger partial charge in [-0.3, -0.25) is 10.1 Å². The van der Waals surface area contributed by atoms with E-state index in [9.17, 15) is 9.18 Å². The van der Waals surface area contributed by atoms with Crippen LogP contribution in [-0.2, 0) is 4.79 Å². The van der Waals surface area contributed by atoms with Crippen molar-refractivity contribution < 1.29 is 18.7 Å². The van der Waals surface area contributed by atoms with E-state index in [-0.39, 0.29) is 40.7 Å². The molecule has 0 spiro atoms. The van der Waals surface area contributed by atoms with Gasteiger partial charge in [0.1, 0.15) is 17.3 Å². The van der Waals surface area contributed by atoms with Crippen molar-refractivity contribution in [2.45, 2.75) is 36.7 Å². The molecule has 1 aliphatic heterocycles. The van der Waals surface area contributed by atoms with E-state index in [0.29, 0.717) is 0 Å². The summed E-state index contributed by atoms with van der Waals surface area (Å²) >= 11 is 5.63. The smallest absolute Gasteiger partial charge is 0.258 e. The first-order valence-corrected chi connectivity index (χ1v) is 9.51. The zero-order valence-electron chi connectivity index (χ0n) is 14.9. The summed E-state index contributed by atoms with van der Waals surface area (Å²) in [4.78, 5) is 12.2. The molecule has 0 saturated heterocycles. The van der Waals surface area contributed by atoms with Crippen molar-refractivity contribution in [3.8, 4) is 11.5 Å². The largest absolute Gasteiger partial charge is 0.484 e. The lowest BCUT2D eigenvalue weighted by Crippen LogP contribution is -2.84. The fourth-order valence-corrected chi connectivity index (χ4v) is 4.57. The minimum Gasteiger partial charge on any atom is -0.484 e. The number of nitrogens with one attached hydrogen (secondary N) is 3. The Hall–Kier alpha value is -2.51. The van der Waals surface area contributed by atoms with E-state index in [4.69, 9.17) is 21.1 Å². The Labute approximate surface area is 166 Å². The van der Waals surface area contributed by atoms with E-state index in [1.807, 2.05) is 24.3 Å². The lowest BCUT2D eigenvalue weighted by molar-refractivity contribution is -0.147. The SMILES string of the molecule is O=C(COc1ccc(Cl)c(F)c1)NC12CC(NC3Nc4ccccc4O3)(C1)C2. The second-order valence-corrected chi connectivity index (χ2v) is 8.19. The van der Waals surface area contributed by atoms with Crippen LogP contribution in [0.15, 0.2) is 42.5 Å². The Morgan fingerprint density at radius 2 is 2.04 bits per heavy atom. The van der Waals surface area contributed by atoms with Crippen LogP contribution in [0.25, 0.3) is 0 Å². The molecule has 0 radical (unpaired) electrons. The highest BCUT2D eigenvalue weighted by Gasteiger charge is 2.69. The number of fused-ring (bicyclic) bond motifs is 1. The second kappa shape index (κ2) is 6.25. The van der Waals surface area contributed by atoms with Gasteiger partial charge in [-0.2, -0.15) is 0 Å². The molecule has 1 atom stereocenters. The maximum absolute atomic E-state index is 13.4. The molecular formula is C20H19ClFN3O3. The molecule has 2 aromatic carbocycles. The van der Waals surface area contributed by atoms with Gasteiger partial charge in [-0.25, -0.2) is 4.39 Å². The number of anilines is 1. The fraction of sp³-hybridized carbons (Fsp3) is 0.350. The molecule has 1 amide bonds. The Morgan fingerprint density at radius 1 is 1.25 bits per heavy atom. The summed E-state index contributed by atoms with van der Waals surface area (Å²) in [6, 6.07) is 11.9. The number of rotatable bonds is 6. The third-order valence-corrected chi connectivity index (χ3v) is 5.86. The van der Waals surface area contributed by atoms with Gasteiger partial charge in [-0.15, -0.1) is 0 Å². The number of amides is 1. The first kappa shape index (κ1) is 17.6.